The zero-order valence-electron chi connectivity index (χ0n) is 17.2. The molecule has 1 aliphatic carbocycles. The number of thiazole rings is 1. The van der Waals surface area contributed by atoms with Crippen LogP contribution in [0.25, 0.3) is 11.3 Å². The van der Waals surface area contributed by atoms with E-state index >= 15 is 0 Å². The predicted octanol–water partition coefficient (Wildman–Crippen LogP) is 3.93. The van der Waals surface area contributed by atoms with Gasteiger partial charge < -0.3 is 15.3 Å². The molecule has 0 unspecified atom stereocenters. The fourth-order valence-electron chi connectivity index (χ4n) is 4.81. The fraction of sp³-hybridized carbons (Fsp3) is 0.565. The molecule has 1 atom stereocenters. The summed E-state index contributed by atoms with van der Waals surface area (Å²) in [5.74, 6) is 0.707. The second-order valence-corrected chi connectivity index (χ2v) is 9.35. The van der Waals surface area contributed by atoms with E-state index < -0.39 is 0 Å². The number of nitrogens with one attached hydrogen (secondary N) is 1. The number of amides is 1. The van der Waals surface area contributed by atoms with E-state index in [2.05, 4.69) is 33.9 Å². The Morgan fingerprint density at radius 3 is 2.90 bits per heavy atom. The summed E-state index contributed by atoms with van der Waals surface area (Å²) in [6.07, 6.45) is 7.87. The first-order chi connectivity index (χ1) is 14.2. The average molecular weight is 414 g/mol. The molecule has 5 nitrogen and oxygen atoms in total. The summed E-state index contributed by atoms with van der Waals surface area (Å²) in [5.41, 5.74) is 4.39. The Labute approximate surface area is 177 Å². The van der Waals surface area contributed by atoms with Crippen molar-refractivity contribution in [2.45, 2.75) is 57.9 Å². The third-order valence-corrected chi connectivity index (χ3v) is 7.14. The fourth-order valence-corrected chi connectivity index (χ4v) is 5.43. The molecule has 1 aromatic carbocycles. The van der Waals surface area contributed by atoms with Crippen molar-refractivity contribution in [3.8, 4) is 11.3 Å². The van der Waals surface area contributed by atoms with Crippen molar-refractivity contribution in [2.24, 2.45) is 5.92 Å². The molecule has 6 heteroatoms. The number of aliphatic hydroxyl groups excluding tert-OH is 1. The number of anilines is 1. The van der Waals surface area contributed by atoms with Crippen LogP contribution in [-0.2, 0) is 11.2 Å². The van der Waals surface area contributed by atoms with Gasteiger partial charge in [0.1, 0.15) is 0 Å². The molecule has 2 aliphatic rings. The van der Waals surface area contributed by atoms with Crippen LogP contribution in [-0.4, -0.2) is 41.7 Å². The summed E-state index contributed by atoms with van der Waals surface area (Å²) in [4.78, 5) is 19.4. The van der Waals surface area contributed by atoms with Crippen molar-refractivity contribution >= 4 is 22.9 Å². The summed E-state index contributed by atoms with van der Waals surface area (Å²) in [7, 11) is 0. The Hall–Kier alpha value is -1.76. The van der Waals surface area contributed by atoms with Gasteiger partial charge in [-0.05, 0) is 56.2 Å². The molecule has 0 spiro atoms. The Bertz CT molecular complexity index is 844. The molecule has 2 aromatic rings. The normalized spacial score (nSPS) is 18.1. The van der Waals surface area contributed by atoms with Gasteiger partial charge in [0.25, 0.3) is 0 Å². The maximum Gasteiger partial charge on any atom is 0.240 e. The van der Waals surface area contributed by atoms with Crippen LogP contribution in [0.3, 0.4) is 0 Å². The first kappa shape index (κ1) is 20.5. The van der Waals surface area contributed by atoms with Crippen molar-refractivity contribution in [3.05, 3.63) is 34.2 Å². The highest BCUT2D eigenvalue weighted by atomic mass is 32.1. The molecule has 0 radical (unpaired) electrons. The minimum absolute atomic E-state index is 0.125. The van der Waals surface area contributed by atoms with E-state index in [9.17, 15) is 9.90 Å². The summed E-state index contributed by atoms with van der Waals surface area (Å²) >= 11 is 1.66. The topological polar surface area (TPSA) is 65.5 Å². The predicted molar refractivity (Wildman–Crippen MR) is 118 cm³/mol. The van der Waals surface area contributed by atoms with Crippen LogP contribution in [0.1, 0.15) is 49.1 Å². The van der Waals surface area contributed by atoms with Gasteiger partial charge in [0, 0.05) is 35.8 Å². The standard InChI is InChI=1S/C23H31N3O2S/c1-16-25-21(15-29-16)18-7-8-22-19(13-18)9-11-26(22)23(28)14-24-20(10-12-27)17-5-3-2-4-6-17/h7-8,13,15,17,20,24,27H,2-6,9-12,14H2,1H3/t20-/m1/s1. The molecule has 29 heavy (non-hydrogen) atoms. The number of carbonyl (C=O) groups excluding carboxylic acids is 1. The molecule has 0 saturated heterocycles. The Balaban J connectivity index is 1.40. The zero-order chi connectivity index (χ0) is 20.2. The second kappa shape index (κ2) is 9.37. The zero-order valence-corrected chi connectivity index (χ0v) is 18.0. The van der Waals surface area contributed by atoms with E-state index in [4.69, 9.17) is 0 Å². The van der Waals surface area contributed by atoms with E-state index in [0.29, 0.717) is 12.5 Å². The molecule has 2 heterocycles. The molecule has 1 saturated carbocycles. The number of aromatic nitrogens is 1. The van der Waals surface area contributed by atoms with Crippen molar-refractivity contribution in [3.63, 3.8) is 0 Å². The third-order valence-electron chi connectivity index (χ3n) is 6.37. The molecule has 4 rings (SSSR count). The quantitative estimate of drug-likeness (QED) is 0.722. The van der Waals surface area contributed by atoms with Crippen molar-refractivity contribution in [1.82, 2.24) is 10.3 Å². The lowest BCUT2D eigenvalue weighted by atomic mass is 9.83. The SMILES string of the molecule is Cc1nc(-c2ccc3c(c2)CCN3C(=O)CN[C@H](CCO)C2CCCCC2)cs1. The largest absolute Gasteiger partial charge is 0.396 e. The molecule has 1 amide bonds. The number of aryl methyl sites for hydroxylation is 1. The Kier molecular flexibility index (Phi) is 6.63. The number of nitrogens with zero attached hydrogens (tertiary/aromatic N) is 2. The van der Waals surface area contributed by atoms with E-state index in [1.807, 2.05) is 11.8 Å². The second-order valence-electron chi connectivity index (χ2n) is 8.29. The molecule has 156 valence electrons. The highest BCUT2D eigenvalue weighted by molar-refractivity contribution is 7.09. The van der Waals surface area contributed by atoms with Gasteiger partial charge in [0.05, 0.1) is 17.2 Å². The summed E-state index contributed by atoms with van der Waals surface area (Å²) < 4.78 is 0. The van der Waals surface area contributed by atoms with Crippen LogP contribution in [0, 0.1) is 12.8 Å². The number of fused-ring (bicyclic) bond motifs is 1. The van der Waals surface area contributed by atoms with E-state index in [1.165, 1.54) is 37.7 Å². The van der Waals surface area contributed by atoms with Gasteiger partial charge in [-0.3, -0.25) is 4.79 Å². The monoisotopic (exact) mass is 413 g/mol. The van der Waals surface area contributed by atoms with Gasteiger partial charge in [0.2, 0.25) is 5.91 Å². The van der Waals surface area contributed by atoms with Gasteiger partial charge in [-0.15, -0.1) is 11.3 Å². The Morgan fingerprint density at radius 1 is 1.34 bits per heavy atom. The molecule has 2 N–H and O–H groups in total. The van der Waals surface area contributed by atoms with E-state index in [-0.39, 0.29) is 18.6 Å². The van der Waals surface area contributed by atoms with Crippen molar-refractivity contribution in [2.75, 3.05) is 24.6 Å². The highest BCUT2D eigenvalue weighted by Crippen LogP contribution is 2.33. The summed E-state index contributed by atoms with van der Waals surface area (Å²) in [5, 5.41) is 16.1. The van der Waals surface area contributed by atoms with Crippen LogP contribution >= 0.6 is 11.3 Å². The van der Waals surface area contributed by atoms with Gasteiger partial charge >= 0.3 is 0 Å². The van der Waals surface area contributed by atoms with Crippen LogP contribution in [0.2, 0.25) is 0 Å². The van der Waals surface area contributed by atoms with Crippen LogP contribution in [0.5, 0.6) is 0 Å². The highest BCUT2D eigenvalue weighted by Gasteiger charge is 2.27. The van der Waals surface area contributed by atoms with Gasteiger partial charge in [0.15, 0.2) is 0 Å². The number of rotatable bonds is 7. The first-order valence-corrected chi connectivity index (χ1v) is 11.7. The van der Waals surface area contributed by atoms with Crippen molar-refractivity contribution in [1.29, 1.82) is 0 Å². The van der Waals surface area contributed by atoms with Crippen LogP contribution in [0.4, 0.5) is 5.69 Å². The first-order valence-electron chi connectivity index (χ1n) is 10.9. The third kappa shape index (κ3) is 4.71. The molecule has 1 aliphatic heterocycles. The summed E-state index contributed by atoms with van der Waals surface area (Å²) in [6.45, 7) is 3.28. The number of benzene rings is 1. The summed E-state index contributed by atoms with van der Waals surface area (Å²) in [6, 6.07) is 6.56. The maximum absolute atomic E-state index is 12.9. The molecular weight excluding hydrogens is 382 g/mol. The lowest BCUT2D eigenvalue weighted by Crippen LogP contribution is -2.44. The van der Waals surface area contributed by atoms with Crippen LogP contribution in [0.15, 0.2) is 23.6 Å². The molecular formula is C23H31N3O2S. The van der Waals surface area contributed by atoms with Gasteiger partial charge in [-0.1, -0.05) is 25.3 Å². The number of carbonyl (C=O) groups is 1. The smallest absolute Gasteiger partial charge is 0.240 e. The number of aliphatic hydroxyl groups is 1. The van der Waals surface area contributed by atoms with E-state index in [0.717, 1.165) is 41.3 Å². The van der Waals surface area contributed by atoms with E-state index in [1.54, 1.807) is 11.3 Å². The van der Waals surface area contributed by atoms with Gasteiger partial charge in [-0.2, -0.15) is 0 Å². The number of hydrogen-bond acceptors (Lipinski definition) is 5. The average Bonchev–Trinajstić information content (AvgIpc) is 3.37. The minimum Gasteiger partial charge on any atom is -0.396 e. The minimum atomic E-state index is 0.125. The molecule has 0 bridgehead atoms. The molecule has 1 aromatic heterocycles. The molecule has 1 fully saturated rings. The van der Waals surface area contributed by atoms with Crippen molar-refractivity contribution < 1.29 is 9.90 Å². The lowest BCUT2D eigenvalue weighted by Gasteiger charge is -2.31. The Morgan fingerprint density at radius 2 is 2.17 bits per heavy atom. The lowest BCUT2D eigenvalue weighted by molar-refractivity contribution is -0.117. The van der Waals surface area contributed by atoms with Gasteiger partial charge in [-0.25, -0.2) is 4.98 Å². The maximum atomic E-state index is 12.9. The van der Waals surface area contributed by atoms with Crippen LogP contribution < -0.4 is 10.2 Å². The number of hydrogen-bond donors (Lipinski definition) is 2.